The highest BCUT2D eigenvalue weighted by Crippen LogP contribution is 2.50. The van der Waals surface area contributed by atoms with Gasteiger partial charge in [0.1, 0.15) is 0 Å². The fourth-order valence-electron chi connectivity index (χ4n) is 4.77. The molecule has 28 heavy (non-hydrogen) atoms. The van der Waals surface area contributed by atoms with E-state index in [0.717, 1.165) is 12.8 Å². The fraction of sp³-hybridized carbons (Fsp3) is 0.870. The van der Waals surface area contributed by atoms with Crippen LogP contribution in [0.5, 0.6) is 0 Å². The highest BCUT2D eigenvalue weighted by atomic mass is 28.4. The van der Waals surface area contributed by atoms with E-state index < -0.39 is 8.32 Å². The van der Waals surface area contributed by atoms with Crippen molar-refractivity contribution in [3.8, 4) is 0 Å². The van der Waals surface area contributed by atoms with Crippen LogP contribution in [0, 0.1) is 35.5 Å². The Kier molecular flexibility index (Phi) is 7.60. The number of rotatable bonds is 6. The lowest BCUT2D eigenvalue weighted by molar-refractivity contribution is -0.158. The van der Waals surface area contributed by atoms with E-state index in [-0.39, 0.29) is 53.3 Å². The molecule has 2 aliphatic carbocycles. The third kappa shape index (κ3) is 4.90. The number of aliphatic hydroxyl groups is 1. The Morgan fingerprint density at radius 2 is 1.86 bits per heavy atom. The van der Waals surface area contributed by atoms with Gasteiger partial charge in [0.25, 0.3) is 0 Å². The van der Waals surface area contributed by atoms with Crippen LogP contribution in [-0.2, 0) is 14.0 Å². The maximum Gasteiger partial charge on any atom is 0.309 e. The predicted molar refractivity (Wildman–Crippen MR) is 116 cm³/mol. The van der Waals surface area contributed by atoms with Gasteiger partial charge in [-0.05, 0) is 61.6 Å². The molecule has 0 aromatic carbocycles. The van der Waals surface area contributed by atoms with Gasteiger partial charge in [-0.15, -0.1) is 0 Å². The lowest BCUT2D eigenvalue weighted by Crippen LogP contribution is -2.54. The summed E-state index contributed by atoms with van der Waals surface area (Å²) < 4.78 is 12.5. The Balaban J connectivity index is 2.44. The molecule has 0 aliphatic heterocycles. The Labute approximate surface area is 173 Å². The Morgan fingerprint density at radius 3 is 2.36 bits per heavy atom. The van der Waals surface area contributed by atoms with Crippen molar-refractivity contribution in [1.29, 1.82) is 0 Å². The molecule has 1 saturated carbocycles. The van der Waals surface area contributed by atoms with Crippen LogP contribution in [0.25, 0.3) is 0 Å². The van der Waals surface area contributed by atoms with Crippen molar-refractivity contribution < 1.29 is 19.1 Å². The number of allylic oxidation sites excluding steroid dienone is 2. The molecule has 0 radical (unpaired) electrons. The van der Waals surface area contributed by atoms with Crippen LogP contribution < -0.4 is 0 Å². The second kappa shape index (κ2) is 9.01. The SMILES string of the molecule is CCOC(=O)[C@@H]1C2C(C=C[C@@H]1C(C)C)C[C@H](CO)CC2O[Si](C)(C)C(C)(C)C. The van der Waals surface area contributed by atoms with Crippen molar-refractivity contribution in [1.82, 2.24) is 0 Å². The van der Waals surface area contributed by atoms with E-state index in [1.165, 1.54) is 0 Å². The molecule has 0 aromatic heterocycles. The summed E-state index contributed by atoms with van der Waals surface area (Å²) in [6, 6.07) is 0. The number of carbonyl (C=O) groups is 1. The zero-order valence-corrected chi connectivity index (χ0v) is 20.2. The number of fused-ring (bicyclic) bond motifs is 1. The number of hydrogen-bond donors (Lipinski definition) is 1. The van der Waals surface area contributed by atoms with Gasteiger partial charge in [-0.3, -0.25) is 4.79 Å². The molecule has 4 nitrogen and oxygen atoms in total. The minimum Gasteiger partial charge on any atom is -0.466 e. The minimum absolute atomic E-state index is 0.00241. The Morgan fingerprint density at radius 1 is 1.21 bits per heavy atom. The highest BCUT2D eigenvalue weighted by molar-refractivity contribution is 6.74. The van der Waals surface area contributed by atoms with E-state index in [0.29, 0.717) is 12.5 Å². The summed E-state index contributed by atoms with van der Waals surface area (Å²) in [4.78, 5) is 13.1. The van der Waals surface area contributed by atoms with Gasteiger partial charge in [0.15, 0.2) is 8.32 Å². The summed E-state index contributed by atoms with van der Waals surface area (Å²) in [7, 11) is -2.00. The van der Waals surface area contributed by atoms with Crippen molar-refractivity contribution in [2.24, 2.45) is 35.5 Å². The normalized spacial score (nSPS) is 33.6. The molecule has 0 amide bonds. The van der Waals surface area contributed by atoms with E-state index in [1.54, 1.807) is 0 Å². The predicted octanol–water partition coefficient (Wildman–Crippen LogP) is 5.03. The first-order valence-corrected chi connectivity index (χ1v) is 14.0. The van der Waals surface area contributed by atoms with E-state index in [9.17, 15) is 9.90 Å². The molecule has 0 saturated heterocycles. The number of ether oxygens (including phenoxy) is 1. The van der Waals surface area contributed by atoms with Crippen molar-refractivity contribution in [2.45, 2.75) is 78.6 Å². The quantitative estimate of drug-likeness (QED) is 0.379. The molecule has 5 heteroatoms. The first-order chi connectivity index (χ1) is 12.9. The molecular weight excluding hydrogens is 368 g/mol. The second-order valence-corrected chi connectivity index (χ2v) is 15.4. The fourth-order valence-corrected chi connectivity index (χ4v) is 6.14. The van der Waals surface area contributed by atoms with Crippen LogP contribution in [0.4, 0.5) is 0 Å². The van der Waals surface area contributed by atoms with E-state index >= 15 is 0 Å². The third-order valence-electron chi connectivity index (χ3n) is 7.34. The van der Waals surface area contributed by atoms with Gasteiger partial charge in [-0.1, -0.05) is 46.8 Å². The molecule has 1 fully saturated rings. The summed E-state index contributed by atoms with van der Waals surface area (Å²) in [5.74, 6) is 0.945. The van der Waals surface area contributed by atoms with Crippen molar-refractivity contribution in [2.75, 3.05) is 13.2 Å². The van der Waals surface area contributed by atoms with Crippen LogP contribution >= 0.6 is 0 Å². The molecular formula is C23H42O4Si. The van der Waals surface area contributed by atoms with Gasteiger partial charge in [0.05, 0.1) is 12.5 Å². The lowest BCUT2D eigenvalue weighted by atomic mass is 9.60. The first-order valence-electron chi connectivity index (χ1n) is 11.1. The van der Waals surface area contributed by atoms with Crippen LogP contribution in [0.2, 0.25) is 18.1 Å². The van der Waals surface area contributed by atoms with Crippen LogP contribution in [0.1, 0.15) is 54.4 Å². The van der Waals surface area contributed by atoms with Crippen molar-refractivity contribution in [3.05, 3.63) is 12.2 Å². The molecule has 0 heterocycles. The smallest absolute Gasteiger partial charge is 0.309 e. The van der Waals surface area contributed by atoms with Gasteiger partial charge < -0.3 is 14.3 Å². The molecule has 3 unspecified atom stereocenters. The molecule has 1 N–H and O–H groups in total. The van der Waals surface area contributed by atoms with Crippen LogP contribution in [0.3, 0.4) is 0 Å². The van der Waals surface area contributed by atoms with Gasteiger partial charge in [-0.25, -0.2) is 0 Å². The van der Waals surface area contributed by atoms with E-state index in [4.69, 9.17) is 9.16 Å². The standard InChI is InChI=1S/C23H42O4Si/c1-9-26-22(25)21-18(15(2)3)11-10-17-12-16(14-24)13-19(20(17)21)27-28(7,8)23(4,5)6/h10-11,15-21,24H,9,12-14H2,1-8H3/t16-,17?,18+,19?,20?,21-/m0/s1. The van der Waals surface area contributed by atoms with Gasteiger partial charge in [0.2, 0.25) is 0 Å². The largest absolute Gasteiger partial charge is 0.466 e. The number of hydrogen-bond acceptors (Lipinski definition) is 4. The minimum atomic E-state index is -2.00. The van der Waals surface area contributed by atoms with E-state index in [2.05, 4.69) is 59.9 Å². The Hall–Kier alpha value is -0.653. The molecule has 0 spiro atoms. The monoisotopic (exact) mass is 410 g/mol. The summed E-state index contributed by atoms with van der Waals surface area (Å²) in [5.41, 5.74) is 0. The number of esters is 1. The maximum atomic E-state index is 13.1. The van der Waals surface area contributed by atoms with E-state index in [1.807, 2.05) is 6.92 Å². The summed E-state index contributed by atoms with van der Waals surface area (Å²) in [6.45, 7) is 18.2. The molecule has 0 bridgehead atoms. The highest BCUT2D eigenvalue weighted by Gasteiger charge is 2.52. The average molecular weight is 411 g/mol. The lowest BCUT2D eigenvalue weighted by Gasteiger charge is -2.51. The molecule has 0 aromatic rings. The second-order valence-electron chi connectivity index (χ2n) is 10.7. The van der Waals surface area contributed by atoms with Crippen LogP contribution in [-0.4, -0.2) is 38.7 Å². The van der Waals surface area contributed by atoms with Crippen molar-refractivity contribution in [3.63, 3.8) is 0 Å². The first kappa shape index (κ1) is 23.6. The van der Waals surface area contributed by atoms with Crippen LogP contribution in [0.15, 0.2) is 12.2 Å². The number of carbonyl (C=O) groups excluding carboxylic acids is 1. The maximum absolute atomic E-state index is 13.1. The average Bonchev–Trinajstić information content (AvgIpc) is 2.59. The van der Waals surface area contributed by atoms with Crippen molar-refractivity contribution >= 4 is 14.3 Å². The van der Waals surface area contributed by atoms with Gasteiger partial charge in [0, 0.05) is 18.6 Å². The molecule has 6 atom stereocenters. The third-order valence-corrected chi connectivity index (χ3v) is 11.8. The molecule has 162 valence electrons. The number of aliphatic hydroxyl groups excluding tert-OH is 1. The van der Waals surface area contributed by atoms with Gasteiger partial charge in [-0.2, -0.15) is 0 Å². The molecule has 2 rings (SSSR count). The summed E-state index contributed by atoms with van der Waals surface area (Å²) in [5, 5.41) is 10.0. The topological polar surface area (TPSA) is 55.8 Å². The van der Waals surface area contributed by atoms with Gasteiger partial charge >= 0.3 is 5.97 Å². The Bertz CT molecular complexity index is 563. The molecule has 2 aliphatic rings. The summed E-state index contributed by atoms with van der Waals surface area (Å²) in [6.07, 6.45) is 6.29. The zero-order chi connectivity index (χ0) is 21.3. The summed E-state index contributed by atoms with van der Waals surface area (Å²) >= 11 is 0. The zero-order valence-electron chi connectivity index (χ0n) is 19.2.